The minimum atomic E-state index is -0.0681. The van der Waals surface area contributed by atoms with Crippen molar-refractivity contribution in [2.75, 3.05) is 7.11 Å². The van der Waals surface area contributed by atoms with Crippen molar-refractivity contribution < 1.29 is 4.74 Å². The van der Waals surface area contributed by atoms with Gasteiger partial charge in [-0.2, -0.15) is 0 Å². The number of fused-ring (bicyclic) bond motifs is 1. The van der Waals surface area contributed by atoms with Gasteiger partial charge in [-0.25, -0.2) is 4.68 Å². The molecule has 0 aliphatic heterocycles. The highest BCUT2D eigenvalue weighted by Crippen LogP contribution is 2.21. The van der Waals surface area contributed by atoms with Crippen molar-refractivity contribution in [2.24, 2.45) is 0 Å². The first-order valence-corrected chi connectivity index (χ1v) is 12.6. The highest BCUT2D eigenvalue weighted by molar-refractivity contribution is 7.09. The van der Waals surface area contributed by atoms with Crippen molar-refractivity contribution >= 4 is 22.2 Å². The molecule has 9 heteroatoms. The van der Waals surface area contributed by atoms with E-state index in [9.17, 15) is 4.79 Å². The standard InChI is InChI=1S/C27H28N6O2S/c1-18-11-19(2)24-13-21(27(34)28-25(24)12-18)15-32(16-23-5-4-10-36-23)17-26-29-30-31-33(26)14-20-6-8-22(35-3)9-7-20/h4-13H,14-17H2,1-3H3,(H,28,34). The minimum absolute atomic E-state index is 0.0681. The molecule has 0 saturated carbocycles. The summed E-state index contributed by atoms with van der Waals surface area (Å²) >= 11 is 1.70. The third-order valence-electron chi connectivity index (χ3n) is 6.21. The van der Waals surface area contributed by atoms with E-state index in [-0.39, 0.29) is 5.56 Å². The fraction of sp³-hybridized carbons (Fsp3) is 0.259. The van der Waals surface area contributed by atoms with Gasteiger partial charge >= 0.3 is 0 Å². The normalized spacial score (nSPS) is 11.4. The zero-order valence-electron chi connectivity index (χ0n) is 20.6. The number of aryl methyl sites for hydroxylation is 2. The summed E-state index contributed by atoms with van der Waals surface area (Å²) in [5, 5.41) is 15.6. The second-order valence-corrected chi connectivity index (χ2v) is 10.0. The van der Waals surface area contributed by atoms with E-state index < -0.39 is 0 Å². The first kappa shape index (κ1) is 23.9. The van der Waals surface area contributed by atoms with Crippen molar-refractivity contribution in [2.45, 2.75) is 40.0 Å². The van der Waals surface area contributed by atoms with E-state index in [2.05, 4.69) is 49.8 Å². The van der Waals surface area contributed by atoms with Crippen LogP contribution in [0.15, 0.2) is 64.8 Å². The summed E-state index contributed by atoms with van der Waals surface area (Å²) < 4.78 is 7.06. The van der Waals surface area contributed by atoms with E-state index in [1.54, 1.807) is 23.1 Å². The van der Waals surface area contributed by atoms with Crippen LogP contribution in [0, 0.1) is 13.8 Å². The maximum absolute atomic E-state index is 13.0. The number of aromatic amines is 1. The number of thiophene rings is 1. The Kier molecular flexibility index (Phi) is 6.92. The molecule has 3 heterocycles. The summed E-state index contributed by atoms with van der Waals surface area (Å²) in [4.78, 5) is 19.5. The molecule has 0 fully saturated rings. The van der Waals surface area contributed by atoms with Crippen LogP contribution in [0.5, 0.6) is 5.75 Å². The van der Waals surface area contributed by atoms with E-state index in [0.717, 1.165) is 44.7 Å². The lowest BCUT2D eigenvalue weighted by molar-refractivity contribution is 0.238. The number of methoxy groups -OCH3 is 1. The van der Waals surface area contributed by atoms with Crippen LogP contribution in [-0.2, 0) is 26.2 Å². The SMILES string of the molecule is COc1ccc(Cn2nnnc2CN(Cc2cccs2)Cc2cc3c(C)cc(C)cc3[nH]c2=O)cc1. The fourth-order valence-electron chi connectivity index (χ4n) is 4.43. The molecule has 0 bridgehead atoms. The zero-order chi connectivity index (χ0) is 25.1. The smallest absolute Gasteiger partial charge is 0.252 e. The lowest BCUT2D eigenvalue weighted by atomic mass is 10.0. The average molecular weight is 501 g/mol. The Hall–Kier alpha value is -3.82. The molecule has 2 aromatic carbocycles. The molecular weight excluding hydrogens is 472 g/mol. The number of pyridine rings is 1. The summed E-state index contributed by atoms with van der Waals surface area (Å²) in [6.45, 7) is 6.34. The quantitative estimate of drug-likeness (QED) is 0.322. The van der Waals surface area contributed by atoms with Crippen LogP contribution in [0.1, 0.15) is 33.0 Å². The Morgan fingerprint density at radius 1 is 1.06 bits per heavy atom. The Morgan fingerprint density at radius 2 is 1.89 bits per heavy atom. The first-order valence-electron chi connectivity index (χ1n) is 11.7. The van der Waals surface area contributed by atoms with Crippen molar-refractivity contribution in [1.29, 1.82) is 0 Å². The van der Waals surface area contributed by atoms with Crippen LogP contribution in [0.4, 0.5) is 0 Å². The third-order valence-corrected chi connectivity index (χ3v) is 7.07. The molecule has 0 amide bonds. The molecule has 3 aromatic heterocycles. The largest absolute Gasteiger partial charge is 0.497 e. The van der Waals surface area contributed by atoms with Gasteiger partial charge in [0.25, 0.3) is 5.56 Å². The Balaban J connectivity index is 1.42. The van der Waals surface area contributed by atoms with E-state index in [4.69, 9.17) is 4.74 Å². The number of benzene rings is 2. The fourth-order valence-corrected chi connectivity index (χ4v) is 5.17. The lowest BCUT2D eigenvalue weighted by Gasteiger charge is -2.21. The minimum Gasteiger partial charge on any atom is -0.497 e. The molecule has 0 unspecified atom stereocenters. The van der Waals surface area contributed by atoms with E-state index in [1.807, 2.05) is 49.4 Å². The van der Waals surface area contributed by atoms with E-state index in [0.29, 0.717) is 26.2 Å². The summed E-state index contributed by atoms with van der Waals surface area (Å²) in [5.41, 5.74) is 4.88. The first-order chi connectivity index (χ1) is 17.5. The molecule has 0 atom stereocenters. The molecule has 5 aromatic rings. The molecule has 184 valence electrons. The summed E-state index contributed by atoms with van der Waals surface area (Å²) in [6.07, 6.45) is 0. The van der Waals surface area contributed by atoms with Crippen LogP contribution in [0.25, 0.3) is 10.9 Å². The lowest BCUT2D eigenvalue weighted by Crippen LogP contribution is -2.28. The third kappa shape index (κ3) is 5.37. The van der Waals surface area contributed by atoms with Crippen LogP contribution in [-0.4, -0.2) is 37.2 Å². The van der Waals surface area contributed by atoms with Gasteiger partial charge in [0, 0.05) is 34.4 Å². The van der Waals surface area contributed by atoms with E-state index >= 15 is 0 Å². The molecule has 5 rings (SSSR count). The number of ether oxygens (including phenoxy) is 1. The number of hydrogen-bond acceptors (Lipinski definition) is 7. The molecule has 0 radical (unpaired) electrons. The van der Waals surface area contributed by atoms with Gasteiger partial charge < -0.3 is 9.72 Å². The van der Waals surface area contributed by atoms with Gasteiger partial charge in [0.05, 0.1) is 20.2 Å². The number of nitrogens with one attached hydrogen (secondary N) is 1. The average Bonchev–Trinajstić information content (AvgIpc) is 3.53. The molecule has 8 nitrogen and oxygen atoms in total. The highest BCUT2D eigenvalue weighted by Gasteiger charge is 2.17. The van der Waals surface area contributed by atoms with Crippen LogP contribution in [0.2, 0.25) is 0 Å². The number of hydrogen-bond donors (Lipinski definition) is 1. The maximum atomic E-state index is 13.0. The van der Waals surface area contributed by atoms with Gasteiger partial charge in [0.15, 0.2) is 5.82 Å². The second-order valence-electron chi connectivity index (χ2n) is 8.99. The van der Waals surface area contributed by atoms with Crippen LogP contribution in [0.3, 0.4) is 0 Å². The van der Waals surface area contributed by atoms with Gasteiger partial charge in [-0.05, 0) is 76.7 Å². The molecule has 0 saturated heterocycles. The topological polar surface area (TPSA) is 88.9 Å². The molecule has 1 N–H and O–H groups in total. The van der Waals surface area contributed by atoms with Gasteiger partial charge in [0.1, 0.15) is 5.75 Å². The summed E-state index contributed by atoms with van der Waals surface area (Å²) in [6, 6.07) is 18.2. The molecular formula is C27H28N6O2S. The maximum Gasteiger partial charge on any atom is 0.252 e. The van der Waals surface area contributed by atoms with Crippen molar-refractivity contribution in [3.8, 4) is 5.75 Å². The molecule has 0 spiro atoms. The monoisotopic (exact) mass is 500 g/mol. The second kappa shape index (κ2) is 10.4. The van der Waals surface area contributed by atoms with Crippen molar-refractivity contribution in [1.82, 2.24) is 30.1 Å². The van der Waals surface area contributed by atoms with Gasteiger partial charge in [-0.3, -0.25) is 9.69 Å². The van der Waals surface area contributed by atoms with Gasteiger partial charge in [-0.1, -0.05) is 24.3 Å². The van der Waals surface area contributed by atoms with Gasteiger partial charge in [-0.15, -0.1) is 16.4 Å². The van der Waals surface area contributed by atoms with Crippen LogP contribution >= 0.6 is 11.3 Å². The molecule has 36 heavy (non-hydrogen) atoms. The summed E-state index contributed by atoms with van der Waals surface area (Å²) in [7, 11) is 1.65. The number of rotatable bonds is 9. The van der Waals surface area contributed by atoms with Crippen molar-refractivity contribution in [3.05, 3.63) is 103 Å². The number of aromatic nitrogens is 5. The van der Waals surface area contributed by atoms with Gasteiger partial charge in [0.2, 0.25) is 0 Å². The number of tetrazole rings is 1. The predicted molar refractivity (Wildman–Crippen MR) is 141 cm³/mol. The molecule has 0 aliphatic carbocycles. The Bertz CT molecular complexity index is 1520. The number of H-pyrrole nitrogens is 1. The van der Waals surface area contributed by atoms with Crippen LogP contribution < -0.4 is 10.3 Å². The number of nitrogens with zero attached hydrogens (tertiary/aromatic N) is 5. The van der Waals surface area contributed by atoms with E-state index in [1.165, 1.54) is 4.88 Å². The Labute approximate surface area is 213 Å². The highest BCUT2D eigenvalue weighted by atomic mass is 32.1. The predicted octanol–water partition coefficient (Wildman–Crippen LogP) is 4.45. The zero-order valence-corrected chi connectivity index (χ0v) is 21.4. The summed E-state index contributed by atoms with van der Waals surface area (Å²) in [5.74, 6) is 1.55. The molecule has 0 aliphatic rings. The van der Waals surface area contributed by atoms with Crippen molar-refractivity contribution in [3.63, 3.8) is 0 Å². The Morgan fingerprint density at radius 3 is 2.64 bits per heavy atom.